The van der Waals surface area contributed by atoms with E-state index in [1.165, 1.54) is 19.2 Å². The number of rotatable bonds is 5. The molecule has 7 heteroatoms. The van der Waals surface area contributed by atoms with Gasteiger partial charge in [-0.05, 0) is 18.6 Å². The topological polar surface area (TPSA) is 94.1 Å². The zero-order valence-electron chi connectivity index (χ0n) is 11.8. The lowest BCUT2D eigenvalue weighted by Crippen LogP contribution is -2.40. The molecule has 1 heterocycles. The first-order chi connectivity index (χ1) is 10.1. The van der Waals surface area contributed by atoms with Crippen LogP contribution < -0.4 is 19.5 Å². The first-order valence-corrected chi connectivity index (χ1v) is 6.58. The second-order valence-electron chi connectivity index (χ2n) is 4.48. The van der Waals surface area contributed by atoms with E-state index in [4.69, 9.17) is 19.3 Å². The molecular weight excluding hydrogens is 278 g/mol. The fraction of sp³-hybridized carbons (Fsp3) is 0.429. The maximum atomic E-state index is 12.1. The second-order valence-corrected chi connectivity index (χ2v) is 4.48. The normalized spacial score (nSPS) is 14.2. The summed E-state index contributed by atoms with van der Waals surface area (Å²) in [6, 6.07) is 2.08. The summed E-state index contributed by atoms with van der Waals surface area (Å²) >= 11 is 0. The van der Waals surface area contributed by atoms with Gasteiger partial charge >= 0.3 is 5.97 Å². The summed E-state index contributed by atoms with van der Waals surface area (Å²) in [6.45, 7) is 2.48. The van der Waals surface area contributed by atoms with E-state index in [0.29, 0.717) is 36.9 Å². The predicted octanol–water partition coefficient (Wildman–Crippen LogP) is 1.06. The van der Waals surface area contributed by atoms with Crippen LogP contribution in [0.3, 0.4) is 0 Å². The minimum atomic E-state index is -1.07. The molecule has 1 atom stereocenters. The minimum absolute atomic E-state index is 0.260. The van der Waals surface area contributed by atoms with E-state index in [2.05, 4.69) is 5.32 Å². The Morgan fingerprint density at radius 2 is 2.10 bits per heavy atom. The van der Waals surface area contributed by atoms with Crippen LogP contribution in [0.4, 0.5) is 0 Å². The Morgan fingerprint density at radius 1 is 1.38 bits per heavy atom. The molecule has 114 valence electrons. The smallest absolute Gasteiger partial charge is 0.326 e. The molecule has 0 fully saturated rings. The average molecular weight is 295 g/mol. The van der Waals surface area contributed by atoms with Crippen molar-refractivity contribution in [2.45, 2.75) is 19.4 Å². The van der Waals surface area contributed by atoms with Gasteiger partial charge in [-0.1, -0.05) is 6.92 Å². The molecule has 0 aromatic heterocycles. The molecule has 1 aromatic rings. The lowest BCUT2D eigenvalue weighted by atomic mass is 10.1. The van der Waals surface area contributed by atoms with E-state index < -0.39 is 17.9 Å². The number of carbonyl (C=O) groups is 2. The van der Waals surface area contributed by atoms with Gasteiger partial charge in [-0.2, -0.15) is 0 Å². The van der Waals surface area contributed by atoms with Crippen LogP contribution in [0.2, 0.25) is 0 Å². The van der Waals surface area contributed by atoms with Crippen LogP contribution >= 0.6 is 0 Å². The Morgan fingerprint density at radius 3 is 2.71 bits per heavy atom. The number of benzene rings is 1. The molecule has 0 bridgehead atoms. The zero-order chi connectivity index (χ0) is 15.4. The largest absolute Gasteiger partial charge is 0.493 e. The SMILES string of the molecule is CCC(NC(=O)c1cc(OC)c2c(c1)OCCO2)C(=O)O. The lowest BCUT2D eigenvalue weighted by Gasteiger charge is -2.21. The van der Waals surface area contributed by atoms with Crippen molar-refractivity contribution in [3.63, 3.8) is 0 Å². The summed E-state index contributed by atoms with van der Waals surface area (Å²) < 4.78 is 16.1. The number of carbonyl (C=O) groups excluding carboxylic acids is 1. The number of aliphatic carboxylic acids is 1. The Balaban J connectivity index is 2.27. The van der Waals surface area contributed by atoms with Crippen molar-refractivity contribution in [1.29, 1.82) is 0 Å². The van der Waals surface area contributed by atoms with Crippen molar-refractivity contribution in [1.82, 2.24) is 5.32 Å². The second kappa shape index (κ2) is 6.34. The highest BCUT2D eigenvalue weighted by Crippen LogP contribution is 2.40. The number of ether oxygens (including phenoxy) is 3. The number of fused-ring (bicyclic) bond motifs is 1. The van der Waals surface area contributed by atoms with Gasteiger partial charge in [0.15, 0.2) is 11.5 Å². The zero-order valence-corrected chi connectivity index (χ0v) is 11.8. The van der Waals surface area contributed by atoms with Crippen molar-refractivity contribution in [3.05, 3.63) is 17.7 Å². The number of hydrogen-bond acceptors (Lipinski definition) is 5. The maximum absolute atomic E-state index is 12.1. The Bertz CT molecular complexity index is 539. The summed E-state index contributed by atoms with van der Waals surface area (Å²) in [6.07, 6.45) is 0.294. The van der Waals surface area contributed by atoms with Crippen LogP contribution in [0, 0.1) is 0 Å². The molecule has 2 rings (SSSR count). The third-order valence-electron chi connectivity index (χ3n) is 3.10. The molecule has 1 unspecified atom stereocenters. The van der Waals surface area contributed by atoms with E-state index in [1.807, 2.05) is 0 Å². The maximum Gasteiger partial charge on any atom is 0.326 e. The number of nitrogens with one attached hydrogen (secondary N) is 1. The van der Waals surface area contributed by atoms with Gasteiger partial charge in [0.25, 0.3) is 5.91 Å². The van der Waals surface area contributed by atoms with Crippen molar-refractivity contribution < 1.29 is 28.9 Å². The fourth-order valence-electron chi connectivity index (χ4n) is 1.98. The molecule has 1 amide bonds. The summed E-state index contributed by atoms with van der Waals surface area (Å²) in [7, 11) is 1.46. The first kappa shape index (κ1) is 15.0. The minimum Gasteiger partial charge on any atom is -0.493 e. The number of carboxylic acids is 1. The van der Waals surface area contributed by atoms with Crippen LogP contribution in [-0.2, 0) is 4.79 Å². The van der Waals surface area contributed by atoms with Gasteiger partial charge in [-0.25, -0.2) is 4.79 Å². The van der Waals surface area contributed by atoms with E-state index in [-0.39, 0.29) is 5.56 Å². The Hall–Kier alpha value is -2.44. The molecular formula is C14H17NO6. The summed E-state index contributed by atoms with van der Waals surface area (Å²) in [5, 5.41) is 11.4. The standard InChI is InChI=1S/C14H17NO6/c1-3-9(14(17)18)15-13(16)8-6-10(19-2)12-11(7-8)20-4-5-21-12/h6-7,9H,3-5H2,1-2H3,(H,15,16)(H,17,18). The van der Waals surface area contributed by atoms with Gasteiger partial charge in [0.2, 0.25) is 5.75 Å². The van der Waals surface area contributed by atoms with E-state index >= 15 is 0 Å². The van der Waals surface area contributed by atoms with Gasteiger partial charge in [0, 0.05) is 5.56 Å². The van der Waals surface area contributed by atoms with E-state index in [1.54, 1.807) is 6.92 Å². The molecule has 7 nitrogen and oxygen atoms in total. The van der Waals surface area contributed by atoms with Crippen LogP contribution in [0.25, 0.3) is 0 Å². The molecule has 0 radical (unpaired) electrons. The third kappa shape index (κ3) is 3.18. The highest BCUT2D eigenvalue weighted by Gasteiger charge is 2.23. The molecule has 1 aliphatic heterocycles. The molecule has 0 saturated heterocycles. The summed E-state index contributed by atoms with van der Waals surface area (Å²) in [4.78, 5) is 23.1. The first-order valence-electron chi connectivity index (χ1n) is 6.58. The van der Waals surface area contributed by atoms with Gasteiger partial charge in [-0.15, -0.1) is 0 Å². The van der Waals surface area contributed by atoms with Crippen molar-refractivity contribution in [2.75, 3.05) is 20.3 Å². The molecule has 1 aromatic carbocycles. The molecule has 0 saturated carbocycles. The molecule has 0 spiro atoms. The number of carboxylic acid groups (broad SMARTS) is 1. The molecule has 0 aliphatic carbocycles. The van der Waals surface area contributed by atoms with Crippen LogP contribution in [0.15, 0.2) is 12.1 Å². The quantitative estimate of drug-likeness (QED) is 0.843. The average Bonchev–Trinajstić information content (AvgIpc) is 2.50. The number of amides is 1. The highest BCUT2D eigenvalue weighted by atomic mass is 16.6. The van der Waals surface area contributed by atoms with Crippen LogP contribution in [0.1, 0.15) is 23.7 Å². The third-order valence-corrected chi connectivity index (χ3v) is 3.10. The monoisotopic (exact) mass is 295 g/mol. The van der Waals surface area contributed by atoms with Crippen molar-refractivity contribution in [2.24, 2.45) is 0 Å². The molecule has 21 heavy (non-hydrogen) atoms. The summed E-state index contributed by atoms with van der Waals surface area (Å²) in [5.41, 5.74) is 0.260. The van der Waals surface area contributed by atoms with Gasteiger partial charge in [0.1, 0.15) is 19.3 Å². The number of hydrogen-bond donors (Lipinski definition) is 2. The van der Waals surface area contributed by atoms with Gasteiger partial charge in [-0.3, -0.25) is 4.79 Å². The molecule has 2 N–H and O–H groups in total. The van der Waals surface area contributed by atoms with Crippen LogP contribution in [0.5, 0.6) is 17.2 Å². The summed E-state index contributed by atoms with van der Waals surface area (Å²) in [5.74, 6) is -0.338. The fourth-order valence-corrected chi connectivity index (χ4v) is 1.98. The van der Waals surface area contributed by atoms with Crippen molar-refractivity contribution >= 4 is 11.9 Å². The lowest BCUT2D eigenvalue weighted by molar-refractivity contribution is -0.139. The van der Waals surface area contributed by atoms with Crippen molar-refractivity contribution in [3.8, 4) is 17.2 Å². The Labute approximate surface area is 121 Å². The van der Waals surface area contributed by atoms with Gasteiger partial charge < -0.3 is 24.6 Å². The number of methoxy groups -OCH3 is 1. The van der Waals surface area contributed by atoms with E-state index in [0.717, 1.165) is 0 Å². The van der Waals surface area contributed by atoms with Gasteiger partial charge in [0.05, 0.1) is 7.11 Å². The Kier molecular flexibility index (Phi) is 4.52. The predicted molar refractivity (Wildman–Crippen MR) is 73.2 cm³/mol. The highest BCUT2D eigenvalue weighted by molar-refractivity contribution is 5.97. The van der Waals surface area contributed by atoms with E-state index in [9.17, 15) is 9.59 Å². The molecule has 1 aliphatic rings. The van der Waals surface area contributed by atoms with Crippen LogP contribution in [-0.4, -0.2) is 43.3 Å².